The molecule has 0 saturated heterocycles. The molecule has 110 valence electrons. The fourth-order valence-electron chi connectivity index (χ4n) is 2.31. The van der Waals surface area contributed by atoms with E-state index in [1.165, 1.54) is 0 Å². The first-order chi connectivity index (χ1) is 10.3. The molecule has 0 aliphatic carbocycles. The van der Waals surface area contributed by atoms with Crippen molar-refractivity contribution in [2.24, 2.45) is 0 Å². The summed E-state index contributed by atoms with van der Waals surface area (Å²) in [7, 11) is 0. The number of hydrogen-bond acceptors (Lipinski definition) is 4. The topological polar surface area (TPSA) is 49.0 Å². The number of nitrogens with zero attached hydrogens (tertiary/aromatic N) is 1. The number of rotatable bonds is 8. The zero-order chi connectivity index (χ0) is 15.0. The minimum atomic E-state index is -0.605. The van der Waals surface area contributed by atoms with Crippen molar-refractivity contribution in [2.75, 3.05) is 12.3 Å². The van der Waals surface area contributed by atoms with Crippen molar-refractivity contribution in [1.82, 2.24) is 5.32 Å². The summed E-state index contributed by atoms with van der Waals surface area (Å²) in [6, 6.07) is 16.3. The van der Waals surface area contributed by atoms with Gasteiger partial charge in [-0.05, 0) is 36.4 Å². The molecule has 1 N–H and O–H groups in total. The Morgan fingerprint density at radius 3 is 2.67 bits per heavy atom. The molecule has 0 fully saturated rings. The molecule has 0 aliphatic rings. The standard InChI is InChI=1S/C17H20N2OS/c1-2-19-17(14-18,15-7-4-3-5-8-15)10-12-21-13-16-9-6-11-20-16/h3-9,11,19H,2,10,12-13H2,1H3. The minimum absolute atomic E-state index is 0.605. The minimum Gasteiger partial charge on any atom is -0.468 e. The van der Waals surface area contributed by atoms with E-state index in [1.807, 2.05) is 49.4 Å². The highest BCUT2D eigenvalue weighted by Gasteiger charge is 2.30. The molecule has 1 unspecified atom stereocenters. The van der Waals surface area contributed by atoms with Gasteiger partial charge >= 0.3 is 0 Å². The summed E-state index contributed by atoms with van der Waals surface area (Å²) in [5.74, 6) is 2.72. The van der Waals surface area contributed by atoms with Gasteiger partial charge < -0.3 is 4.42 Å². The molecule has 3 nitrogen and oxygen atoms in total. The van der Waals surface area contributed by atoms with Gasteiger partial charge in [0.25, 0.3) is 0 Å². The van der Waals surface area contributed by atoms with Crippen molar-refractivity contribution in [2.45, 2.75) is 24.6 Å². The van der Waals surface area contributed by atoms with Crippen molar-refractivity contribution in [3.63, 3.8) is 0 Å². The number of hydrogen-bond donors (Lipinski definition) is 1. The molecule has 1 aromatic heterocycles. The third-order valence-corrected chi connectivity index (χ3v) is 4.36. The molecule has 2 aromatic rings. The van der Waals surface area contributed by atoms with Gasteiger partial charge in [-0.2, -0.15) is 17.0 Å². The predicted octanol–water partition coefficient (Wildman–Crippen LogP) is 3.93. The van der Waals surface area contributed by atoms with E-state index in [9.17, 15) is 5.26 Å². The van der Waals surface area contributed by atoms with Crippen LogP contribution in [0.5, 0.6) is 0 Å². The summed E-state index contributed by atoms with van der Waals surface area (Å²) >= 11 is 1.79. The highest BCUT2D eigenvalue weighted by atomic mass is 32.2. The van der Waals surface area contributed by atoms with Crippen LogP contribution in [0.25, 0.3) is 0 Å². The lowest BCUT2D eigenvalue weighted by atomic mass is 9.88. The van der Waals surface area contributed by atoms with E-state index in [2.05, 4.69) is 11.4 Å². The largest absolute Gasteiger partial charge is 0.468 e. The Bertz CT molecular complexity index is 562. The summed E-state index contributed by atoms with van der Waals surface area (Å²) in [5.41, 5.74) is 0.430. The quantitative estimate of drug-likeness (QED) is 0.750. The van der Waals surface area contributed by atoms with Gasteiger partial charge in [-0.3, -0.25) is 5.32 Å². The van der Waals surface area contributed by atoms with E-state index >= 15 is 0 Å². The maximum atomic E-state index is 9.70. The van der Waals surface area contributed by atoms with Gasteiger partial charge in [0.15, 0.2) is 0 Å². The normalized spacial score (nSPS) is 13.5. The zero-order valence-corrected chi connectivity index (χ0v) is 13.0. The summed E-state index contributed by atoms with van der Waals surface area (Å²) < 4.78 is 5.32. The number of nitriles is 1. The van der Waals surface area contributed by atoms with Crippen molar-refractivity contribution in [3.8, 4) is 6.07 Å². The van der Waals surface area contributed by atoms with Crippen LogP contribution in [-0.2, 0) is 11.3 Å². The first kappa shape index (κ1) is 15.7. The van der Waals surface area contributed by atoms with Gasteiger partial charge in [-0.15, -0.1) is 0 Å². The molecule has 0 saturated carbocycles. The average Bonchev–Trinajstić information content (AvgIpc) is 3.05. The predicted molar refractivity (Wildman–Crippen MR) is 86.9 cm³/mol. The highest BCUT2D eigenvalue weighted by molar-refractivity contribution is 7.98. The van der Waals surface area contributed by atoms with E-state index in [0.29, 0.717) is 0 Å². The zero-order valence-electron chi connectivity index (χ0n) is 12.2. The summed E-state index contributed by atoms with van der Waals surface area (Å²) in [4.78, 5) is 0. The second-order valence-electron chi connectivity index (χ2n) is 4.80. The monoisotopic (exact) mass is 300 g/mol. The SMILES string of the molecule is CCNC(C#N)(CCSCc1ccco1)c1ccccc1. The van der Waals surface area contributed by atoms with E-state index in [1.54, 1.807) is 18.0 Å². The fourth-order valence-corrected chi connectivity index (χ4v) is 3.27. The molecule has 0 spiro atoms. The number of nitrogens with one attached hydrogen (secondary N) is 1. The van der Waals surface area contributed by atoms with Gasteiger partial charge in [0.05, 0.1) is 18.1 Å². The highest BCUT2D eigenvalue weighted by Crippen LogP contribution is 2.27. The van der Waals surface area contributed by atoms with Gasteiger partial charge in [-0.1, -0.05) is 37.3 Å². The van der Waals surface area contributed by atoms with Gasteiger partial charge in [0, 0.05) is 0 Å². The Hall–Kier alpha value is -1.70. The van der Waals surface area contributed by atoms with Crippen LogP contribution in [0, 0.1) is 11.3 Å². The number of benzene rings is 1. The molecular weight excluding hydrogens is 280 g/mol. The number of thioether (sulfide) groups is 1. The maximum absolute atomic E-state index is 9.70. The van der Waals surface area contributed by atoms with Crippen LogP contribution in [0.4, 0.5) is 0 Å². The smallest absolute Gasteiger partial charge is 0.133 e. The summed E-state index contributed by atoms with van der Waals surface area (Å²) in [6.45, 7) is 2.80. The molecule has 1 heterocycles. The molecule has 4 heteroatoms. The fraction of sp³-hybridized carbons (Fsp3) is 0.353. The van der Waals surface area contributed by atoms with Crippen LogP contribution >= 0.6 is 11.8 Å². The van der Waals surface area contributed by atoms with Crippen molar-refractivity contribution >= 4 is 11.8 Å². The van der Waals surface area contributed by atoms with E-state index < -0.39 is 5.54 Å². The molecule has 21 heavy (non-hydrogen) atoms. The Morgan fingerprint density at radius 2 is 2.05 bits per heavy atom. The third-order valence-electron chi connectivity index (χ3n) is 3.38. The van der Waals surface area contributed by atoms with Crippen LogP contribution in [0.15, 0.2) is 53.1 Å². The van der Waals surface area contributed by atoms with Crippen molar-refractivity contribution in [1.29, 1.82) is 5.26 Å². The molecule has 2 rings (SSSR count). The maximum Gasteiger partial charge on any atom is 0.133 e. The Morgan fingerprint density at radius 1 is 1.24 bits per heavy atom. The summed E-state index contributed by atoms with van der Waals surface area (Å²) in [6.07, 6.45) is 2.46. The van der Waals surface area contributed by atoms with Crippen LogP contribution < -0.4 is 5.32 Å². The Labute approximate surface area is 130 Å². The molecule has 0 radical (unpaired) electrons. The molecule has 0 bridgehead atoms. The Balaban J connectivity index is 1.98. The first-order valence-electron chi connectivity index (χ1n) is 7.12. The lowest BCUT2D eigenvalue weighted by Gasteiger charge is -2.28. The lowest BCUT2D eigenvalue weighted by Crippen LogP contribution is -2.41. The van der Waals surface area contributed by atoms with Crippen LogP contribution in [0.2, 0.25) is 0 Å². The van der Waals surface area contributed by atoms with Gasteiger partial charge in [0.1, 0.15) is 11.3 Å². The van der Waals surface area contributed by atoms with Crippen molar-refractivity contribution < 1.29 is 4.42 Å². The van der Waals surface area contributed by atoms with E-state index in [-0.39, 0.29) is 0 Å². The molecule has 0 aliphatic heterocycles. The average molecular weight is 300 g/mol. The Kier molecular flexibility index (Phi) is 5.91. The van der Waals surface area contributed by atoms with E-state index in [4.69, 9.17) is 4.42 Å². The third kappa shape index (κ3) is 4.13. The van der Waals surface area contributed by atoms with Gasteiger partial charge in [0.2, 0.25) is 0 Å². The lowest BCUT2D eigenvalue weighted by molar-refractivity contribution is 0.428. The first-order valence-corrected chi connectivity index (χ1v) is 8.28. The second kappa shape index (κ2) is 7.92. The second-order valence-corrected chi connectivity index (χ2v) is 5.90. The van der Waals surface area contributed by atoms with Crippen LogP contribution in [0.1, 0.15) is 24.7 Å². The molecule has 1 aromatic carbocycles. The van der Waals surface area contributed by atoms with E-state index in [0.717, 1.165) is 35.8 Å². The van der Waals surface area contributed by atoms with Crippen LogP contribution in [0.3, 0.4) is 0 Å². The van der Waals surface area contributed by atoms with Gasteiger partial charge in [-0.25, -0.2) is 0 Å². The number of furan rings is 1. The van der Waals surface area contributed by atoms with Crippen molar-refractivity contribution in [3.05, 3.63) is 60.1 Å². The molecule has 1 atom stereocenters. The summed E-state index contributed by atoms with van der Waals surface area (Å²) in [5, 5.41) is 13.1. The molecule has 0 amide bonds. The molecular formula is C17H20N2OS. The van der Waals surface area contributed by atoms with Crippen LogP contribution in [-0.4, -0.2) is 12.3 Å².